The van der Waals surface area contributed by atoms with Crippen LogP contribution in [0, 0.1) is 17.8 Å². The third-order valence-corrected chi connectivity index (χ3v) is 9.23. The zero-order valence-corrected chi connectivity index (χ0v) is 22.9. The van der Waals surface area contributed by atoms with E-state index >= 15 is 0 Å². The van der Waals surface area contributed by atoms with Crippen LogP contribution in [-0.4, -0.2) is 70.2 Å². The summed E-state index contributed by atoms with van der Waals surface area (Å²) in [6.07, 6.45) is 6.27. The normalized spacial score (nSPS) is 26.3. The maximum Gasteiger partial charge on any atom is 0.245 e. The number of nitrogens with one attached hydrogen (secondary N) is 1. The summed E-state index contributed by atoms with van der Waals surface area (Å²) in [5.74, 6) is 0.512. The van der Waals surface area contributed by atoms with Crippen molar-refractivity contribution < 1.29 is 19.1 Å². The maximum absolute atomic E-state index is 13.5. The highest BCUT2D eigenvalue weighted by molar-refractivity contribution is 6.51. The summed E-state index contributed by atoms with van der Waals surface area (Å²) in [6, 6.07) is 2.82. The molecule has 6 rings (SSSR count). The van der Waals surface area contributed by atoms with Crippen LogP contribution in [0.1, 0.15) is 43.0 Å². The SMILES string of the molecule is CC(=O)c1nn(CC(=O)N2[C@@H]3C[C@@H]3C[C@H]2C(=O)NCC2C(C)C2(Cl)Cl)c2cnc(OCc3ncccn3)cc12. The lowest BCUT2D eigenvalue weighted by molar-refractivity contribution is -0.140. The minimum Gasteiger partial charge on any atom is -0.469 e. The van der Waals surface area contributed by atoms with Gasteiger partial charge in [0.25, 0.3) is 0 Å². The Hall–Kier alpha value is -3.31. The highest BCUT2D eigenvalue weighted by atomic mass is 35.5. The molecule has 3 aromatic heterocycles. The van der Waals surface area contributed by atoms with Crippen molar-refractivity contribution in [2.45, 2.75) is 56.3 Å². The molecule has 204 valence electrons. The first kappa shape index (κ1) is 25.9. The summed E-state index contributed by atoms with van der Waals surface area (Å²) in [5.41, 5.74) is 0.734. The number of amides is 2. The molecule has 11 nitrogen and oxygen atoms in total. The van der Waals surface area contributed by atoms with Crippen molar-refractivity contribution in [1.82, 2.24) is 34.9 Å². The Bertz CT molecular complexity index is 1460. The number of nitrogens with zero attached hydrogens (tertiary/aromatic N) is 6. The zero-order chi connectivity index (χ0) is 27.5. The number of hydrogen-bond donors (Lipinski definition) is 1. The van der Waals surface area contributed by atoms with E-state index in [1.165, 1.54) is 17.8 Å². The van der Waals surface area contributed by atoms with Gasteiger partial charge in [-0.3, -0.25) is 19.1 Å². The van der Waals surface area contributed by atoms with E-state index in [1.807, 2.05) is 6.92 Å². The van der Waals surface area contributed by atoms with E-state index in [4.69, 9.17) is 27.9 Å². The number of ketones is 1. The fraction of sp³-hybridized carbons (Fsp3) is 0.500. The number of likely N-dealkylation sites (tertiary alicyclic amines) is 1. The quantitative estimate of drug-likeness (QED) is 0.306. The number of halogens is 2. The van der Waals surface area contributed by atoms with Crippen molar-refractivity contribution in [3.05, 3.63) is 42.2 Å². The number of piperidine rings is 1. The third kappa shape index (κ3) is 4.82. The van der Waals surface area contributed by atoms with Crippen LogP contribution in [0.4, 0.5) is 0 Å². The predicted octanol–water partition coefficient (Wildman–Crippen LogP) is 2.55. The Morgan fingerprint density at radius 1 is 1.18 bits per heavy atom. The van der Waals surface area contributed by atoms with E-state index in [9.17, 15) is 14.4 Å². The minimum atomic E-state index is -0.815. The lowest BCUT2D eigenvalue weighted by Gasteiger charge is -2.27. The summed E-state index contributed by atoms with van der Waals surface area (Å²) in [5, 5.41) is 7.90. The molecule has 1 aliphatic heterocycles. The number of Topliss-reactive ketones (excluding diaryl/α,β-unsaturated/α-hetero) is 1. The molecular formula is C26H27Cl2N7O4. The number of rotatable bonds is 9. The zero-order valence-electron chi connectivity index (χ0n) is 21.4. The summed E-state index contributed by atoms with van der Waals surface area (Å²) in [6.45, 7) is 3.72. The van der Waals surface area contributed by atoms with Crippen LogP contribution < -0.4 is 10.1 Å². The molecule has 5 atom stereocenters. The largest absolute Gasteiger partial charge is 0.469 e. The molecule has 1 N–H and O–H groups in total. The van der Waals surface area contributed by atoms with Gasteiger partial charge in [-0.1, -0.05) is 6.92 Å². The highest BCUT2D eigenvalue weighted by Crippen LogP contribution is 2.58. The number of hydrogen-bond acceptors (Lipinski definition) is 8. The summed E-state index contributed by atoms with van der Waals surface area (Å²) in [7, 11) is 0. The fourth-order valence-electron chi connectivity index (χ4n) is 5.52. The second-order valence-corrected chi connectivity index (χ2v) is 11.9. The van der Waals surface area contributed by atoms with E-state index in [-0.39, 0.29) is 60.2 Å². The van der Waals surface area contributed by atoms with Gasteiger partial charge in [-0.2, -0.15) is 5.10 Å². The average Bonchev–Trinajstić information content (AvgIpc) is 3.63. The van der Waals surface area contributed by atoms with Crippen molar-refractivity contribution in [1.29, 1.82) is 0 Å². The second kappa shape index (κ2) is 9.71. The lowest BCUT2D eigenvalue weighted by Crippen LogP contribution is -2.49. The van der Waals surface area contributed by atoms with Gasteiger partial charge >= 0.3 is 0 Å². The Morgan fingerprint density at radius 3 is 2.62 bits per heavy atom. The third-order valence-electron chi connectivity index (χ3n) is 7.99. The van der Waals surface area contributed by atoms with Crippen LogP contribution in [0.15, 0.2) is 30.7 Å². The van der Waals surface area contributed by atoms with Crippen LogP contribution >= 0.6 is 23.2 Å². The molecule has 0 aromatic carbocycles. The second-order valence-electron chi connectivity index (χ2n) is 10.5. The highest BCUT2D eigenvalue weighted by Gasteiger charge is 2.60. The van der Waals surface area contributed by atoms with Gasteiger partial charge in [-0.25, -0.2) is 15.0 Å². The van der Waals surface area contributed by atoms with Crippen LogP contribution in [0.2, 0.25) is 0 Å². The van der Waals surface area contributed by atoms with Crippen molar-refractivity contribution in [2.24, 2.45) is 17.8 Å². The van der Waals surface area contributed by atoms with Crippen molar-refractivity contribution in [2.75, 3.05) is 6.54 Å². The van der Waals surface area contributed by atoms with Gasteiger partial charge in [0.1, 0.15) is 29.2 Å². The molecule has 0 spiro atoms. The molecule has 2 saturated carbocycles. The number of carbonyl (C=O) groups excluding carboxylic acids is 3. The minimum absolute atomic E-state index is 0.00750. The fourth-order valence-corrected chi connectivity index (χ4v) is 6.23. The van der Waals surface area contributed by atoms with Gasteiger partial charge in [-0.15, -0.1) is 23.2 Å². The molecule has 13 heteroatoms. The summed E-state index contributed by atoms with van der Waals surface area (Å²) >= 11 is 12.5. The molecule has 0 bridgehead atoms. The number of carbonyl (C=O) groups is 3. The molecule has 3 aromatic rings. The Labute approximate surface area is 234 Å². The van der Waals surface area contributed by atoms with Crippen molar-refractivity contribution in [3.8, 4) is 5.88 Å². The molecule has 1 saturated heterocycles. The molecule has 2 aliphatic carbocycles. The standard InChI is InChI=1S/C26H27Cl2N7O4/c1-13-17(26(13,27)28)9-32-25(38)19-7-15-6-18(15)35(19)23(37)11-34-20-10-31-22(8-16(20)24(33-34)14(2)36)39-12-21-29-4-3-5-30-21/h3-5,8,10,13,15,17-19H,6-7,9,11-12H2,1-2H3,(H,32,38)/t13?,15-,17?,18-,19+/m1/s1. The average molecular weight is 572 g/mol. The van der Waals surface area contributed by atoms with Gasteiger partial charge in [0.05, 0.1) is 11.7 Å². The van der Waals surface area contributed by atoms with E-state index in [1.54, 1.807) is 29.4 Å². The van der Waals surface area contributed by atoms with Gasteiger partial charge in [0.15, 0.2) is 11.6 Å². The smallest absolute Gasteiger partial charge is 0.245 e. The van der Waals surface area contributed by atoms with Crippen LogP contribution in [0.25, 0.3) is 10.9 Å². The molecule has 2 unspecified atom stereocenters. The van der Waals surface area contributed by atoms with E-state index in [0.29, 0.717) is 35.6 Å². The van der Waals surface area contributed by atoms with Crippen LogP contribution in [0.5, 0.6) is 5.88 Å². The first-order valence-corrected chi connectivity index (χ1v) is 13.6. The van der Waals surface area contributed by atoms with Crippen LogP contribution in [-0.2, 0) is 22.7 Å². The monoisotopic (exact) mass is 571 g/mol. The predicted molar refractivity (Wildman–Crippen MR) is 141 cm³/mol. The number of pyridine rings is 1. The molecular weight excluding hydrogens is 545 g/mol. The first-order valence-electron chi connectivity index (χ1n) is 12.9. The summed E-state index contributed by atoms with van der Waals surface area (Å²) < 4.78 is 6.36. The Kier molecular flexibility index (Phi) is 6.46. The van der Waals surface area contributed by atoms with Gasteiger partial charge in [0.2, 0.25) is 17.7 Å². The molecule has 39 heavy (non-hydrogen) atoms. The van der Waals surface area contributed by atoms with Gasteiger partial charge in [-0.05, 0) is 30.7 Å². The molecule has 2 amide bonds. The maximum atomic E-state index is 13.5. The Morgan fingerprint density at radius 2 is 1.92 bits per heavy atom. The van der Waals surface area contributed by atoms with E-state index in [0.717, 1.165) is 6.42 Å². The first-order chi connectivity index (χ1) is 18.6. The number of aromatic nitrogens is 5. The van der Waals surface area contributed by atoms with E-state index < -0.39 is 10.4 Å². The van der Waals surface area contributed by atoms with Crippen LogP contribution in [0.3, 0.4) is 0 Å². The topological polar surface area (TPSA) is 132 Å². The lowest BCUT2D eigenvalue weighted by atomic mass is 10.1. The molecule has 4 heterocycles. The number of ether oxygens (including phenoxy) is 1. The summed E-state index contributed by atoms with van der Waals surface area (Å²) in [4.78, 5) is 53.2. The molecule has 0 radical (unpaired) electrons. The van der Waals surface area contributed by atoms with Crippen molar-refractivity contribution >= 4 is 51.7 Å². The van der Waals surface area contributed by atoms with E-state index in [2.05, 4.69) is 25.4 Å². The molecule has 3 aliphatic rings. The van der Waals surface area contributed by atoms with Gasteiger partial charge < -0.3 is 15.0 Å². The van der Waals surface area contributed by atoms with Gasteiger partial charge in [0, 0.05) is 49.3 Å². The number of alkyl halides is 2. The number of fused-ring (bicyclic) bond motifs is 2. The van der Waals surface area contributed by atoms with Crippen molar-refractivity contribution in [3.63, 3.8) is 0 Å². The Balaban J connectivity index is 1.17. The molecule has 3 fully saturated rings.